The molecular formula is C20H17N3O4. The third kappa shape index (κ3) is 3.15. The molecule has 0 N–H and O–H groups in total. The van der Waals surface area contributed by atoms with E-state index in [0.717, 1.165) is 16.9 Å². The van der Waals surface area contributed by atoms with Crippen LogP contribution >= 0.6 is 0 Å². The lowest BCUT2D eigenvalue weighted by Crippen LogP contribution is -2.22. The second-order valence-electron chi connectivity index (χ2n) is 6.18. The first-order valence-corrected chi connectivity index (χ1v) is 8.36. The molecule has 7 nitrogen and oxygen atoms in total. The molecule has 0 aliphatic carbocycles. The highest BCUT2D eigenvalue weighted by Crippen LogP contribution is 2.21. The van der Waals surface area contributed by atoms with E-state index in [4.69, 9.17) is 9.15 Å². The number of aryl methyl sites for hydroxylation is 1. The zero-order valence-corrected chi connectivity index (χ0v) is 14.9. The van der Waals surface area contributed by atoms with Crippen molar-refractivity contribution in [2.75, 3.05) is 7.11 Å². The van der Waals surface area contributed by atoms with Crippen molar-refractivity contribution in [3.63, 3.8) is 0 Å². The van der Waals surface area contributed by atoms with Crippen LogP contribution in [0.2, 0.25) is 0 Å². The van der Waals surface area contributed by atoms with Gasteiger partial charge in [-0.05, 0) is 35.9 Å². The zero-order chi connectivity index (χ0) is 19.0. The molecule has 2 aromatic heterocycles. The largest absolute Gasteiger partial charge is 0.497 e. The molecule has 0 bridgehead atoms. The monoisotopic (exact) mass is 363 g/mol. The third-order valence-electron chi connectivity index (χ3n) is 4.42. The van der Waals surface area contributed by atoms with Gasteiger partial charge >= 0.3 is 5.76 Å². The summed E-state index contributed by atoms with van der Waals surface area (Å²) in [6.45, 7) is 0.284. The Bertz CT molecular complexity index is 1250. The van der Waals surface area contributed by atoms with E-state index in [1.807, 2.05) is 36.4 Å². The van der Waals surface area contributed by atoms with Crippen LogP contribution in [0.25, 0.3) is 22.4 Å². The lowest BCUT2D eigenvalue weighted by molar-refractivity contribution is 0.415. The molecular weight excluding hydrogens is 346 g/mol. The molecule has 0 aliphatic rings. The number of methoxy groups -OCH3 is 1. The molecule has 4 aromatic rings. The summed E-state index contributed by atoms with van der Waals surface area (Å²) in [6.07, 6.45) is 0. The van der Waals surface area contributed by atoms with Crippen LogP contribution in [-0.2, 0) is 13.6 Å². The van der Waals surface area contributed by atoms with E-state index in [-0.39, 0.29) is 12.1 Å². The number of aromatic nitrogens is 3. The molecule has 2 aromatic carbocycles. The highest BCUT2D eigenvalue weighted by atomic mass is 16.5. The first kappa shape index (κ1) is 16.8. The smallest absolute Gasteiger partial charge is 0.419 e. The summed E-state index contributed by atoms with van der Waals surface area (Å²) in [5.41, 5.74) is 3.35. The van der Waals surface area contributed by atoms with Crippen molar-refractivity contribution in [2.24, 2.45) is 7.05 Å². The van der Waals surface area contributed by atoms with Gasteiger partial charge in [0.25, 0.3) is 5.56 Å². The van der Waals surface area contributed by atoms with Crippen LogP contribution in [0.5, 0.6) is 5.75 Å². The van der Waals surface area contributed by atoms with Crippen LogP contribution in [0.4, 0.5) is 0 Å². The maximum atomic E-state index is 12.3. The molecule has 0 saturated carbocycles. The van der Waals surface area contributed by atoms with Gasteiger partial charge in [0, 0.05) is 18.7 Å². The fourth-order valence-electron chi connectivity index (χ4n) is 2.94. The van der Waals surface area contributed by atoms with Crippen molar-refractivity contribution in [3.05, 3.63) is 81.1 Å². The topological polar surface area (TPSA) is 79.3 Å². The number of benzene rings is 2. The minimum absolute atomic E-state index is 0.206. The maximum absolute atomic E-state index is 12.3. The van der Waals surface area contributed by atoms with Crippen LogP contribution < -0.4 is 16.1 Å². The van der Waals surface area contributed by atoms with Gasteiger partial charge in [-0.2, -0.15) is 5.10 Å². The highest BCUT2D eigenvalue weighted by molar-refractivity contribution is 5.73. The molecule has 0 unspecified atom stereocenters. The molecule has 0 radical (unpaired) electrons. The quantitative estimate of drug-likeness (QED) is 0.556. The van der Waals surface area contributed by atoms with E-state index in [9.17, 15) is 9.59 Å². The standard InChI is InChI=1S/C20H17N3O4/c1-22-17-10-13(6-8-18(17)27-20(22)25)12-23-19(24)9-7-16(21-23)14-4-3-5-15(11-14)26-2/h3-11H,12H2,1-2H3. The summed E-state index contributed by atoms with van der Waals surface area (Å²) in [4.78, 5) is 23.9. The molecule has 27 heavy (non-hydrogen) atoms. The molecule has 0 spiro atoms. The molecule has 0 aliphatic heterocycles. The fraction of sp³-hybridized carbons (Fsp3) is 0.150. The Morgan fingerprint density at radius 2 is 1.93 bits per heavy atom. The van der Waals surface area contributed by atoms with Crippen molar-refractivity contribution in [3.8, 4) is 17.0 Å². The lowest BCUT2D eigenvalue weighted by atomic mass is 10.1. The van der Waals surface area contributed by atoms with Crippen LogP contribution in [0, 0.1) is 0 Å². The molecule has 0 saturated heterocycles. The first-order valence-electron chi connectivity index (χ1n) is 8.36. The normalized spacial score (nSPS) is 11.0. The van der Waals surface area contributed by atoms with Gasteiger partial charge in [-0.25, -0.2) is 9.48 Å². The third-order valence-corrected chi connectivity index (χ3v) is 4.42. The van der Waals surface area contributed by atoms with Crippen molar-refractivity contribution in [2.45, 2.75) is 6.54 Å². The molecule has 0 amide bonds. The molecule has 136 valence electrons. The lowest BCUT2D eigenvalue weighted by Gasteiger charge is -2.08. The van der Waals surface area contributed by atoms with E-state index < -0.39 is 5.76 Å². The second kappa shape index (κ2) is 6.60. The van der Waals surface area contributed by atoms with Gasteiger partial charge in [0.1, 0.15) is 5.75 Å². The van der Waals surface area contributed by atoms with E-state index in [0.29, 0.717) is 16.8 Å². The van der Waals surface area contributed by atoms with Gasteiger partial charge in [0.2, 0.25) is 0 Å². The number of nitrogens with zero attached hydrogens (tertiary/aromatic N) is 3. The van der Waals surface area contributed by atoms with E-state index >= 15 is 0 Å². The molecule has 0 atom stereocenters. The second-order valence-corrected chi connectivity index (χ2v) is 6.18. The van der Waals surface area contributed by atoms with Gasteiger partial charge in [-0.3, -0.25) is 9.36 Å². The minimum atomic E-state index is -0.419. The Morgan fingerprint density at radius 1 is 1.07 bits per heavy atom. The van der Waals surface area contributed by atoms with Gasteiger partial charge in [0.05, 0.1) is 24.9 Å². The summed E-state index contributed by atoms with van der Waals surface area (Å²) >= 11 is 0. The molecule has 4 rings (SSSR count). The number of hydrogen-bond acceptors (Lipinski definition) is 5. The van der Waals surface area contributed by atoms with Gasteiger partial charge in [-0.15, -0.1) is 0 Å². The number of oxazole rings is 1. The SMILES string of the molecule is COc1cccc(-c2ccc(=O)n(Cc3ccc4oc(=O)n(C)c4c3)n2)c1. The number of hydrogen-bond donors (Lipinski definition) is 0. The van der Waals surface area contributed by atoms with Crippen molar-refractivity contribution in [1.82, 2.24) is 14.3 Å². The van der Waals surface area contributed by atoms with Gasteiger partial charge in [-0.1, -0.05) is 18.2 Å². The summed E-state index contributed by atoms with van der Waals surface area (Å²) in [5.74, 6) is 0.302. The average molecular weight is 363 g/mol. The van der Waals surface area contributed by atoms with Crippen molar-refractivity contribution < 1.29 is 9.15 Å². The number of rotatable bonds is 4. The fourth-order valence-corrected chi connectivity index (χ4v) is 2.94. The van der Waals surface area contributed by atoms with E-state index in [1.54, 1.807) is 26.3 Å². The summed E-state index contributed by atoms with van der Waals surface area (Å²) in [6, 6.07) is 16.1. The average Bonchev–Trinajstić information content (AvgIpc) is 2.97. The summed E-state index contributed by atoms with van der Waals surface area (Å²) < 4.78 is 13.2. The van der Waals surface area contributed by atoms with Crippen LogP contribution in [0.15, 0.2) is 68.6 Å². The Balaban J connectivity index is 1.72. The Morgan fingerprint density at radius 3 is 2.74 bits per heavy atom. The predicted octanol–water partition coefficient (Wildman–Crippen LogP) is 2.41. The first-order chi connectivity index (χ1) is 13.0. The van der Waals surface area contributed by atoms with Crippen molar-refractivity contribution in [1.29, 1.82) is 0 Å². The highest BCUT2D eigenvalue weighted by Gasteiger charge is 2.09. The predicted molar refractivity (Wildman–Crippen MR) is 101 cm³/mol. The summed E-state index contributed by atoms with van der Waals surface area (Å²) in [5, 5.41) is 4.48. The van der Waals surface area contributed by atoms with Gasteiger partial charge in [0.15, 0.2) is 5.58 Å². The Labute approximate surface area is 154 Å². The van der Waals surface area contributed by atoms with E-state index in [2.05, 4.69) is 5.10 Å². The van der Waals surface area contributed by atoms with Gasteiger partial charge < -0.3 is 9.15 Å². The summed E-state index contributed by atoms with van der Waals surface area (Å²) in [7, 11) is 3.25. The van der Waals surface area contributed by atoms with Crippen LogP contribution in [-0.4, -0.2) is 21.5 Å². The van der Waals surface area contributed by atoms with Crippen LogP contribution in [0.3, 0.4) is 0 Å². The van der Waals surface area contributed by atoms with Crippen LogP contribution in [0.1, 0.15) is 5.56 Å². The minimum Gasteiger partial charge on any atom is -0.497 e. The Hall–Kier alpha value is -3.61. The zero-order valence-electron chi connectivity index (χ0n) is 14.9. The molecule has 2 heterocycles. The Kier molecular flexibility index (Phi) is 4.12. The molecule has 7 heteroatoms. The number of ether oxygens (including phenoxy) is 1. The van der Waals surface area contributed by atoms with E-state index in [1.165, 1.54) is 15.3 Å². The maximum Gasteiger partial charge on any atom is 0.419 e. The molecule has 0 fully saturated rings. The number of fused-ring (bicyclic) bond motifs is 1. The van der Waals surface area contributed by atoms with Crippen molar-refractivity contribution >= 4 is 11.1 Å².